The predicted molar refractivity (Wildman–Crippen MR) is 92.0 cm³/mol. The molecule has 0 saturated carbocycles. The third kappa shape index (κ3) is 2.41. The molecule has 4 rings (SSSR count). The van der Waals surface area contributed by atoms with E-state index in [0.717, 1.165) is 39.5 Å². The minimum Gasteiger partial charge on any atom is -0.454 e. The van der Waals surface area contributed by atoms with Gasteiger partial charge in [-0.15, -0.1) is 0 Å². The molecule has 1 aliphatic rings. The van der Waals surface area contributed by atoms with Gasteiger partial charge in [0.25, 0.3) is 0 Å². The van der Waals surface area contributed by atoms with Crippen molar-refractivity contribution in [1.82, 2.24) is 9.55 Å². The lowest BCUT2D eigenvalue weighted by molar-refractivity contribution is 0.174. The third-order valence-electron chi connectivity index (χ3n) is 3.99. The molecule has 0 aliphatic carbocycles. The van der Waals surface area contributed by atoms with Crippen LogP contribution in [0.1, 0.15) is 17.0 Å². The van der Waals surface area contributed by atoms with Crippen LogP contribution in [0, 0.1) is 6.92 Å². The van der Waals surface area contributed by atoms with Gasteiger partial charge in [0.05, 0.1) is 11.0 Å². The van der Waals surface area contributed by atoms with Gasteiger partial charge in [-0.1, -0.05) is 30.4 Å². The second-order valence-electron chi connectivity index (χ2n) is 5.50. The van der Waals surface area contributed by atoms with E-state index in [4.69, 9.17) is 27.4 Å². The molecule has 2 N–H and O–H groups in total. The van der Waals surface area contributed by atoms with E-state index in [-0.39, 0.29) is 6.79 Å². The largest absolute Gasteiger partial charge is 0.454 e. The molecule has 23 heavy (non-hydrogen) atoms. The van der Waals surface area contributed by atoms with Crippen LogP contribution in [-0.2, 0) is 6.54 Å². The molecule has 0 unspecified atom stereocenters. The van der Waals surface area contributed by atoms with Crippen molar-refractivity contribution in [3.63, 3.8) is 0 Å². The number of aryl methyl sites for hydroxylation is 1. The number of fused-ring (bicyclic) bond motifs is 2. The van der Waals surface area contributed by atoms with Gasteiger partial charge >= 0.3 is 0 Å². The molecular weight excluding hydrogens is 310 g/mol. The van der Waals surface area contributed by atoms with Crippen LogP contribution in [0.4, 0.5) is 0 Å². The Hall–Kier alpha value is -2.60. The summed E-state index contributed by atoms with van der Waals surface area (Å²) in [5, 5.41) is 0. The summed E-state index contributed by atoms with van der Waals surface area (Å²) in [6.45, 7) is 2.94. The van der Waals surface area contributed by atoms with Gasteiger partial charge in [0.2, 0.25) is 6.79 Å². The number of thiocarbonyl (C=S) groups is 1. The monoisotopic (exact) mass is 325 g/mol. The Labute approximate surface area is 138 Å². The van der Waals surface area contributed by atoms with Crippen molar-refractivity contribution in [3.05, 3.63) is 53.3 Å². The van der Waals surface area contributed by atoms with Crippen LogP contribution in [0.15, 0.2) is 36.4 Å². The van der Waals surface area contributed by atoms with Crippen LogP contribution >= 0.6 is 12.2 Å². The first-order chi connectivity index (χ1) is 11.1. The molecule has 2 heterocycles. The summed E-state index contributed by atoms with van der Waals surface area (Å²) in [5.74, 6) is 2.44. The van der Waals surface area contributed by atoms with Crippen molar-refractivity contribution in [2.75, 3.05) is 6.79 Å². The van der Waals surface area contributed by atoms with Gasteiger partial charge in [0, 0.05) is 24.2 Å². The van der Waals surface area contributed by atoms with Crippen molar-refractivity contribution >= 4 is 28.2 Å². The maximum absolute atomic E-state index is 5.72. The zero-order valence-corrected chi connectivity index (χ0v) is 13.4. The summed E-state index contributed by atoms with van der Waals surface area (Å²) in [4.78, 5) is 5.03. The van der Waals surface area contributed by atoms with E-state index in [1.165, 1.54) is 0 Å². The second-order valence-corrected chi connectivity index (χ2v) is 5.94. The Morgan fingerprint density at radius 1 is 1.26 bits per heavy atom. The van der Waals surface area contributed by atoms with E-state index in [9.17, 15) is 0 Å². The van der Waals surface area contributed by atoms with Crippen LogP contribution in [0.5, 0.6) is 11.5 Å². The van der Waals surface area contributed by atoms with Gasteiger partial charge in [0.15, 0.2) is 11.5 Å². The molecule has 1 aliphatic heterocycles. The average molecular weight is 325 g/mol. The summed E-state index contributed by atoms with van der Waals surface area (Å²) in [5.41, 5.74) is 9.63. The zero-order chi connectivity index (χ0) is 16.0. The Morgan fingerprint density at radius 3 is 2.83 bits per heavy atom. The van der Waals surface area contributed by atoms with Gasteiger partial charge in [0.1, 0.15) is 10.8 Å². The van der Waals surface area contributed by atoms with Gasteiger partial charge in [-0.3, -0.25) is 0 Å². The van der Waals surface area contributed by atoms with E-state index >= 15 is 0 Å². The maximum Gasteiger partial charge on any atom is 0.231 e. The first-order valence-corrected chi connectivity index (χ1v) is 7.68. The SMILES string of the molecule is Cc1nc2cc3c(cc2n1Cc1cccc(C(N)=S)c1)OCO3. The van der Waals surface area contributed by atoms with Crippen molar-refractivity contribution in [1.29, 1.82) is 0 Å². The molecular formula is C17H15N3O2S. The highest BCUT2D eigenvalue weighted by atomic mass is 32.1. The quantitative estimate of drug-likeness (QED) is 0.750. The smallest absolute Gasteiger partial charge is 0.231 e. The normalized spacial score (nSPS) is 12.7. The summed E-state index contributed by atoms with van der Waals surface area (Å²) in [6, 6.07) is 11.9. The number of ether oxygens (including phenoxy) is 2. The van der Waals surface area contributed by atoms with Crippen molar-refractivity contribution in [3.8, 4) is 11.5 Å². The summed E-state index contributed by atoms with van der Waals surface area (Å²) in [7, 11) is 0. The molecule has 0 saturated heterocycles. The minimum atomic E-state index is 0.261. The summed E-state index contributed by atoms with van der Waals surface area (Å²) in [6.07, 6.45) is 0. The molecule has 5 nitrogen and oxygen atoms in total. The average Bonchev–Trinajstić information content (AvgIpc) is 3.10. The lowest BCUT2D eigenvalue weighted by atomic mass is 10.1. The first kappa shape index (κ1) is 14.0. The fraction of sp³-hybridized carbons (Fsp3) is 0.176. The summed E-state index contributed by atoms with van der Waals surface area (Å²) < 4.78 is 13.0. The van der Waals surface area contributed by atoms with Gasteiger partial charge in [-0.25, -0.2) is 4.98 Å². The molecule has 3 aromatic rings. The van der Waals surface area contributed by atoms with Gasteiger partial charge in [-0.2, -0.15) is 0 Å². The van der Waals surface area contributed by atoms with Crippen LogP contribution in [-0.4, -0.2) is 21.3 Å². The molecule has 0 fully saturated rings. The molecule has 6 heteroatoms. The second kappa shape index (κ2) is 5.24. The van der Waals surface area contributed by atoms with Crippen LogP contribution in [0.3, 0.4) is 0 Å². The minimum absolute atomic E-state index is 0.261. The number of aromatic nitrogens is 2. The maximum atomic E-state index is 5.72. The standard InChI is InChI=1S/C17H15N3O2S/c1-10-19-13-6-15-16(22-9-21-15)7-14(13)20(10)8-11-3-2-4-12(5-11)17(18)23/h2-7H,8-9H2,1H3,(H2,18,23). The number of hydrogen-bond acceptors (Lipinski definition) is 4. The first-order valence-electron chi connectivity index (χ1n) is 7.27. The van der Waals surface area contributed by atoms with E-state index < -0.39 is 0 Å². The highest BCUT2D eigenvalue weighted by Crippen LogP contribution is 2.36. The van der Waals surface area contributed by atoms with Crippen LogP contribution < -0.4 is 15.2 Å². The van der Waals surface area contributed by atoms with E-state index in [1.54, 1.807) is 0 Å². The van der Waals surface area contributed by atoms with Crippen molar-refractivity contribution < 1.29 is 9.47 Å². The lowest BCUT2D eigenvalue weighted by Gasteiger charge is -2.09. The number of nitrogens with zero attached hydrogens (tertiary/aromatic N) is 2. The summed E-state index contributed by atoms with van der Waals surface area (Å²) >= 11 is 5.05. The Morgan fingerprint density at radius 2 is 2.04 bits per heavy atom. The van der Waals surface area contributed by atoms with E-state index in [1.807, 2.05) is 37.3 Å². The predicted octanol–water partition coefficient (Wildman–Crippen LogP) is 2.76. The highest BCUT2D eigenvalue weighted by Gasteiger charge is 2.18. The van der Waals surface area contributed by atoms with E-state index in [2.05, 4.69) is 15.6 Å². The number of benzene rings is 2. The number of hydrogen-bond donors (Lipinski definition) is 1. The van der Waals surface area contributed by atoms with E-state index in [0.29, 0.717) is 11.5 Å². The van der Waals surface area contributed by atoms with Crippen LogP contribution in [0.25, 0.3) is 11.0 Å². The molecule has 116 valence electrons. The molecule has 2 aromatic carbocycles. The Bertz CT molecular complexity index is 933. The zero-order valence-electron chi connectivity index (χ0n) is 12.6. The molecule has 0 amide bonds. The number of nitrogens with two attached hydrogens (primary N) is 1. The molecule has 0 spiro atoms. The van der Waals surface area contributed by atoms with Crippen LogP contribution in [0.2, 0.25) is 0 Å². The van der Waals surface area contributed by atoms with Crippen molar-refractivity contribution in [2.24, 2.45) is 5.73 Å². The molecule has 0 radical (unpaired) electrons. The van der Waals surface area contributed by atoms with Gasteiger partial charge in [-0.05, 0) is 18.6 Å². The molecule has 0 atom stereocenters. The topological polar surface area (TPSA) is 62.3 Å². The Kier molecular flexibility index (Phi) is 3.20. The number of rotatable bonds is 3. The van der Waals surface area contributed by atoms with Crippen molar-refractivity contribution in [2.45, 2.75) is 13.5 Å². The fourth-order valence-electron chi connectivity index (χ4n) is 2.84. The fourth-order valence-corrected chi connectivity index (χ4v) is 2.97. The molecule has 1 aromatic heterocycles. The number of imidazole rings is 1. The Balaban J connectivity index is 1.78. The van der Waals surface area contributed by atoms with Gasteiger partial charge < -0.3 is 19.8 Å². The lowest BCUT2D eigenvalue weighted by Crippen LogP contribution is -2.10. The highest BCUT2D eigenvalue weighted by molar-refractivity contribution is 7.80. The molecule has 0 bridgehead atoms. The third-order valence-corrected chi connectivity index (χ3v) is 4.22.